The number of hydrogen-bond acceptors (Lipinski definition) is 3. The van der Waals surface area contributed by atoms with Gasteiger partial charge in [0.2, 0.25) is 0 Å². The average molecular weight is 357 g/mol. The van der Waals surface area contributed by atoms with Crippen molar-refractivity contribution in [1.29, 1.82) is 0 Å². The molecule has 0 unspecified atom stereocenters. The summed E-state index contributed by atoms with van der Waals surface area (Å²) in [7, 11) is 0. The van der Waals surface area contributed by atoms with Crippen molar-refractivity contribution in [3.05, 3.63) is 83.9 Å². The van der Waals surface area contributed by atoms with E-state index in [9.17, 15) is 5.11 Å². The van der Waals surface area contributed by atoms with Crippen LogP contribution < -0.4 is 0 Å². The first-order valence-electron chi connectivity index (χ1n) is 8.01. The van der Waals surface area contributed by atoms with E-state index in [4.69, 9.17) is 0 Å². The molecule has 24 heavy (non-hydrogen) atoms. The van der Waals surface area contributed by atoms with E-state index in [2.05, 4.69) is 61.7 Å². The average Bonchev–Trinajstić information content (AvgIpc) is 2.65. The topological polar surface area (TPSA) is 20.2 Å². The largest absolute Gasteiger partial charge is 0.370 e. The molecule has 1 N–H and O–H groups in total. The minimum absolute atomic E-state index is 0.706. The van der Waals surface area contributed by atoms with Crippen LogP contribution in [0.4, 0.5) is 0 Å². The lowest BCUT2D eigenvalue weighted by atomic mass is 10.1. The van der Waals surface area contributed by atoms with Gasteiger partial charge in [-0.05, 0) is 28.7 Å². The Balaban J connectivity index is 1.91. The van der Waals surface area contributed by atoms with Crippen molar-refractivity contribution >= 4 is 35.7 Å². The van der Waals surface area contributed by atoms with Gasteiger partial charge in [0.1, 0.15) is 0 Å². The third kappa shape index (κ3) is 5.59. The van der Waals surface area contributed by atoms with E-state index in [1.54, 1.807) is 23.5 Å². The molecule has 0 spiro atoms. The van der Waals surface area contributed by atoms with Gasteiger partial charge >= 0.3 is 0 Å². The predicted octanol–water partition coefficient (Wildman–Crippen LogP) is 6.20. The number of benzene rings is 2. The van der Waals surface area contributed by atoms with Gasteiger partial charge < -0.3 is 5.11 Å². The van der Waals surface area contributed by atoms with Crippen LogP contribution in [0.1, 0.15) is 35.6 Å². The molecular formula is C21H24OS2. The van der Waals surface area contributed by atoms with Crippen molar-refractivity contribution in [1.82, 2.24) is 0 Å². The van der Waals surface area contributed by atoms with Crippen LogP contribution in [0, 0.1) is 0 Å². The Labute approximate surface area is 153 Å². The van der Waals surface area contributed by atoms with Crippen molar-refractivity contribution in [2.75, 3.05) is 0 Å². The predicted molar refractivity (Wildman–Crippen MR) is 111 cm³/mol. The molecule has 126 valence electrons. The molecule has 2 aromatic rings. The standard InChI is InChI=1S/C21H24OS2/c1-4-17-7-11-19(12-8-17)15-23-21(22,6-3)24-16-20-13-9-18(5-2)10-14-20/h4-5,7-14,22H,1-2,6,15-16H2,3H3. The first-order valence-corrected chi connectivity index (χ1v) is 9.98. The van der Waals surface area contributed by atoms with Gasteiger partial charge in [-0.25, -0.2) is 0 Å². The Morgan fingerprint density at radius 1 is 0.833 bits per heavy atom. The second kappa shape index (κ2) is 9.16. The van der Waals surface area contributed by atoms with Gasteiger partial charge in [-0.1, -0.05) is 80.8 Å². The molecule has 3 heteroatoms. The maximum atomic E-state index is 10.8. The molecule has 0 aliphatic heterocycles. The van der Waals surface area contributed by atoms with Crippen LogP contribution in [-0.2, 0) is 11.5 Å². The summed E-state index contributed by atoms with van der Waals surface area (Å²) in [4.78, 5) is 0. The van der Waals surface area contributed by atoms with Gasteiger partial charge in [0, 0.05) is 11.5 Å². The minimum Gasteiger partial charge on any atom is -0.370 e. The second-order valence-corrected chi connectivity index (χ2v) is 8.30. The van der Waals surface area contributed by atoms with Crippen LogP contribution in [0.25, 0.3) is 12.2 Å². The van der Waals surface area contributed by atoms with Crippen molar-refractivity contribution in [2.45, 2.75) is 29.1 Å². The molecule has 0 saturated carbocycles. The minimum atomic E-state index is -0.770. The molecule has 1 nitrogen and oxygen atoms in total. The third-order valence-corrected chi connectivity index (χ3v) is 6.95. The highest BCUT2D eigenvalue weighted by atomic mass is 32.2. The zero-order valence-electron chi connectivity index (χ0n) is 14.1. The maximum absolute atomic E-state index is 10.8. The van der Waals surface area contributed by atoms with E-state index in [0.29, 0.717) is 6.42 Å². The zero-order valence-corrected chi connectivity index (χ0v) is 15.7. The van der Waals surface area contributed by atoms with Crippen LogP contribution >= 0.6 is 23.5 Å². The molecule has 2 rings (SSSR count). The van der Waals surface area contributed by atoms with Gasteiger partial charge in [0.05, 0.1) is 0 Å². The van der Waals surface area contributed by atoms with E-state index < -0.39 is 4.27 Å². The van der Waals surface area contributed by atoms with E-state index >= 15 is 0 Å². The van der Waals surface area contributed by atoms with E-state index in [1.807, 2.05) is 19.1 Å². The lowest BCUT2D eigenvalue weighted by molar-refractivity contribution is 0.226. The Hall–Kier alpha value is -1.42. The van der Waals surface area contributed by atoms with Crippen LogP contribution in [-0.4, -0.2) is 9.37 Å². The second-order valence-electron chi connectivity index (χ2n) is 5.54. The summed E-state index contributed by atoms with van der Waals surface area (Å²) in [5.74, 6) is 1.59. The summed E-state index contributed by atoms with van der Waals surface area (Å²) in [6.45, 7) is 9.57. The molecule has 0 fully saturated rings. The molecule has 0 atom stereocenters. The Bertz CT molecular complexity index is 604. The van der Waals surface area contributed by atoms with Crippen LogP contribution in [0.15, 0.2) is 61.7 Å². The first-order chi connectivity index (χ1) is 11.6. The highest BCUT2D eigenvalue weighted by Gasteiger charge is 2.25. The highest BCUT2D eigenvalue weighted by Crippen LogP contribution is 2.41. The summed E-state index contributed by atoms with van der Waals surface area (Å²) in [5, 5.41) is 10.8. The van der Waals surface area contributed by atoms with Gasteiger partial charge in [0.25, 0.3) is 0 Å². The number of aliphatic hydroxyl groups is 1. The monoisotopic (exact) mass is 356 g/mol. The van der Waals surface area contributed by atoms with Crippen molar-refractivity contribution in [3.63, 3.8) is 0 Å². The van der Waals surface area contributed by atoms with Gasteiger partial charge in [-0.15, -0.1) is 23.5 Å². The van der Waals surface area contributed by atoms with E-state index in [0.717, 1.165) is 22.6 Å². The molecule has 0 aliphatic carbocycles. The fourth-order valence-electron chi connectivity index (χ4n) is 2.14. The number of hydrogen-bond donors (Lipinski definition) is 1. The molecule has 2 aromatic carbocycles. The smallest absolute Gasteiger partial charge is 0.157 e. The van der Waals surface area contributed by atoms with Gasteiger partial charge in [-0.2, -0.15) is 0 Å². The Morgan fingerprint density at radius 2 is 1.21 bits per heavy atom. The first kappa shape index (κ1) is 18.9. The van der Waals surface area contributed by atoms with Crippen LogP contribution in [0.3, 0.4) is 0 Å². The van der Waals surface area contributed by atoms with Crippen LogP contribution in [0.5, 0.6) is 0 Å². The lowest BCUT2D eigenvalue weighted by Crippen LogP contribution is -2.18. The fraction of sp³-hybridized carbons (Fsp3) is 0.238. The fourth-order valence-corrected chi connectivity index (χ4v) is 4.40. The van der Waals surface area contributed by atoms with Gasteiger partial charge in [0.15, 0.2) is 4.27 Å². The third-order valence-electron chi connectivity index (χ3n) is 3.81. The number of rotatable bonds is 9. The van der Waals surface area contributed by atoms with Crippen molar-refractivity contribution in [2.24, 2.45) is 0 Å². The SMILES string of the molecule is C=Cc1ccc(CSC(O)(CC)SCc2ccc(C=C)cc2)cc1. The van der Waals surface area contributed by atoms with E-state index in [1.165, 1.54) is 11.1 Å². The van der Waals surface area contributed by atoms with Crippen molar-refractivity contribution < 1.29 is 5.11 Å². The summed E-state index contributed by atoms with van der Waals surface area (Å²) in [6, 6.07) is 16.6. The molecule has 0 aliphatic rings. The molecule has 0 saturated heterocycles. The maximum Gasteiger partial charge on any atom is 0.157 e. The molecule has 0 aromatic heterocycles. The molecular weight excluding hydrogens is 332 g/mol. The summed E-state index contributed by atoms with van der Waals surface area (Å²) in [6.07, 6.45) is 4.39. The zero-order chi connectivity index (χ0) is 17.4. The summed E-state index contributed by atoms with van der Waals surface area (Å²) < 4.78 is -0.770. The summed E-state index contributed by atoms with van der Waals surface area (Å²) >= 11 is 3.19. The normalized spacial score (nSPS) is 11.2. The lowest BCUT2D eigenvalue weighted by Gasteiger charge is -2.25. The molecule has 0 radical (unpaired) electrons. The molecule has 0 amide bonds. The Kier molecular flexibility index (Phi) is 7.22. The number of thioether (sulfide) groups is 2. The molecule has 0 heterocycles. The Morgan fingerprint density at radius 3 is 1.50 bits per heavy atom. The quantitative estimate of drug-likeness (QED) is 0.541. The summed E-state index contributed by atoms with van der Waals surface area (Å²) in [5.41, 5.74) is 4.67. The van der Waals surface area contributed by atoms with Crippen LogP contribution in [0.2, 0.25) is 0 Å². The van der Waals surface area contributed by atoms with Gasteiger partial charge in [-0.3, -0.25) is 0 Å². The highest BCUT2D eigenvalue weighted by molar-refractivity contribution is 8.17. The van der Waals surface area contributed by atoms with E-state index in [-0.39, 0.29) is 0 Å². The molecule has 0 bridgehead atoms. The van der Waals surface area contributed by atoms with Crippen molar-refractivity contribution in [3.8, 4) is 0 Å².